The molecule has 17 heavy (non-hydrogen) atoms. The second-order valence-corrected chi connectivity index (χ2v) is 4.72. The number of benzene rings is 1. The van der Waals surface area contributed by atoms with Crippen molar-refractivity contribution >= 4 is 0 Å². The zero-order valence-electron chi connectivity index (χ0n) is 10.0. The maximum atomic E-state index is 12.9. The first-order valence-corrected chi connectivity index (χ1v) is 6.08. The van der Waals surface area contributed by atoms with Crippen LogP contribution in [0.1, 0.15) is 30.4 Å². The van der Waals surface area contributed by atoms with Gasteiger partial charge in [0.1, 0.15) is 5.82 Å². The van der Waals surface area contributed by atoms with Crippen molar-refractivity contribution < 1.29 is 4.39 Å². The third-order valence-corrected chi connectivity index (χ3v) is 3.54. The summed E-state index contributed by atoms with van der Waals surface area (Å²) in [6.07, 6.45) is 3.19. The first kappa shape index (κ1) is 12.1. The third-order valence-electron chi connectivity index (χ3n) is 3.54. The Labute approximate surface area is 101 Å². The second kappa shape index (κ2) is 5.29. The van der Waals surface area contributed by atoms with Crippen molar-refractivity contribution in [3.63, 3.8) is 0 Å². The van der Waals surface area contributed by atoms with E-state index in [9.17, 15) is 4.39 Å². The molecule has 1 aliphatic carbocycles. The molecule has 0 saturated heterocycles. The fourth-order valence-electron chi connectivity index (χ4n) is 2.46. The zero-order valence-corrected chi connectivity index (χ0v) is 10.0. The maximum Gasteiger partial charge on any atom is 0.123 e. The van der Waals surface area contributed by atoms with Gasteiger partial charge in [0.25, 0.3) is 0 Å². The Hall–Kier alpha value is -1.40. The van der Waals surface area contributed by atoms with E-state index in [0.717, 1.165) is 36.9 Å². The number of nitrogens with one attached hydrogen (secondary N) is 1. The van der Waals surface area contributed by atoms with Crippen molar-refractivity contribution in [1.29, 1.82) is 5.26 Å². The van der Waals surface area contributed by atoms with E-state index in [4.69, 9.17) is 5.26 Å². The summed E-state index contributed by atoms with van der Waals surface area (Å²) in [7, 11) is 0. The van der Waals surface area contributed by atoms with Crippen LogP contribution in [0.15, 0.2) is 18.2 Å². The lowest BCUT2D eigenvalue weighted by atomic mass is 10.0. The number of aryl methyl sites for hydroxylation is 1. The molecule has 0 heterocycles. The monoisotopic (exact) mass is 232 g/mol. The van der Waals surface area contributed by atoms with Crippen LogP contribution < -0.4 is 5.32 Å². The van der Waals surface area contributed by atoms with Crippen molar-refractivity contribution in [3.8, 4) is 6.07 Å². The van der Waals surface area contributed by atoms with Crippen molar-refractivity contribution in [2.24, 2.45) is 5.92 Å². The van der Waals surface area contributed by atoms with Gasteiger partial charge < -0.3 is 5.32 Å². The summed E-state index contributed by atoms with van der Waals surface area (Å²) in [5, 5.41) is 12.4. The Balaban J connectivity index is 1.96. The first-order valence-electron chi connectivity index (χ1n) is 6.08. The molecule has 3 heteroatoms. The van der Waals surface area contributed by atoms with E-state index in [2.05, 4.69) is 11.4 Å². The number of hydrogen-bond acceptors (Lipinski definition) is 2. The van der Waals surface area contributed by atoms with Crippen LogP contribution in [0.2, 0.25) is 0 Å². The average Bonchev–Trinajstić information content (AvgIpc) is 2.75. The topological polar surface area (TPSA) is 35.8 Å². The lowest BCUT2D eigenvalue weighted by Gasteiger charge is -2.16. The van der Waals surface area contributed by atoms with Gasteiger partial charge in [-0.15, -0.1) is 0 Å². The summed E-state index contributed by atoms with van der Waals surface area (Å²) >= 11 is 0. The molecule has 1 fully saturated rings. The number of halogens is 1. The largest absolute Gasteiger partial charge is 0.309 e. The molecule has 1 N–H and O–H groups in total. The fourth-order valence-corrected chi connectivity index (χ4v) is 2.46. The van der Waals surface area contributed by atoms with Gasteiger partial charge in [-0.3, -0.25) is 0 Å². The van der Waals surface area contributed by atoms with Crippen LogP contribution in [0.4, 0.5) is 4.39 Å². The van der Waals surface area contributed by atoms with Crippen LogP contribution in [0.25, 0.3) is 0 Å². The van der Waals surface area contributed by atoms with E-state index in [1.807, 2.05) is 13.0 Å². The minimum Gasteiger partial charge on any atom is -0.309 e. The van der Waals surface area contributed by atoms with Crippen molar-refractivity contribution in [2.75, 3.05) is 0 Å². The lowest BCUT2D eigenvalue weighted by Crippen LogP contribution is -2.31. The lowest BCUT2D eigenvalue weighted by molar-refractivity contribution is 0.463. The summed E-state index contributed by atoms with van der Waals surface area (Å²) in [5.41, 5.74) is 2.07. The van der Waals surface area contributed by atoms with Gasteiger partial charge in [0.05, 0.1) is 12.0 Å². The highest BCUT2D eigenvalue weighted by atomic mass is 19.1. The molecule has 0 amide bonds. The minimum absolute atomic E-state index is 0.135. The van der Waals surface area contributed by atoms with Crippen LogP contribution in [0, 0.1) is 30.0 Å². The Morgan fingerprint density at radius 2 is 2.29 bits per heavy atom. The second-order valence-electron chi connectivity index (χ2n) is 4.72. The van der Waals surface area contributed by atoms with E-state index in [1.54, 1.807) is 6.07 Å². The number of hydrogen-bond donors (Lipinski definition) is 1. The molecule has 0 aliphatic heterocycles. The molecule has 0 bridgehead atoms. The molecular weight excluding hydrogens is 215 g/mol. The third kappa shape index (κ3) is 2.83. The van der Waals surface area contributed by atoms with Crippen molar-refractivity contribution in [1.82, 2.24) is 5.32 Å². The fraction of sp³-hybridized carbons (Fsp3) is 0.500. The number of nitrogens with zero attached hydrogens (tertiary/aromatic N) is 1. The van der Waals surface area contributed by atoms with Gasteiger partial charge in [-0.1, -0.05) is 12.5 Å². The summed E-state index contributed by atoms with van der Waals surface area (Å²) < 4.78 is 12.9. The van der Waals surface area contributed by atoms with E-state index in [-0.39, 0.29) is 11.7 Å². The number of nitriles is 1. The van der Waals surface area contributed by atoms with E-state index in [0.29, 0.717) is 6.04 Å². The van der Waals surface area contributed by atoms with Gasteiger partial charge in [0.2, 0.25) is 0 Å². The molecule has 2 atom stereocenters. The Kier molecular flexibility index (Phi) is 3.75. The van der Waals surface area contributed by atoms with Crippen molar-refractivity contribution in [3.05, 3.63) is 35.1 Å². The Morgan fingerprint density at radius 1 is 1.47 bits per heavy atom. The maximum absolute atomic E-state index is 12.9. The predicted molar refractivity (Wildman–Crippen MR) is 64.7 cm³/mol. The van der Waals surface area contributed by atoms with Gasteiger partial charge in [-0.2, -0.15) is 5.26 Å². The summed E-state index contributed by atoms with van der Waals surface area (Å²) in [6, 6.07) is 7.50. The average molecular weight is 232 g/mol. The normalized spacial score (nSPS) is 23.6. The highest BCUT2D eigenvalue weighted by Crippen LogP contribution is 2.25. The van der Waals surface area contributed by atoms with Crippen LogP contribution in [0.3, 0.4) is 0 Å². The van der Waals surface area contributed by atoms with Gasteiger partial charge >= 0.3 is 0 Å². The molecule has 2 unspecified atom stereocenters. The molecular formula is C14H17FN2. The zero-order chi connectivity index (χ0) is 12.3. The summed E-state index contributed by atoms with van der Waals surface area (Å²) in [5.74, 6) is -0.0576. The molecule has 0 spiro atoms. The molecule has 0 radical (unpaired) electrons. The highest BCUT2D eigenvalue weighted by molar-refractivity contribution is 5.26. The predicted octanol–water partition coefficient (Wildman–Crippen LogP) is 2.92. The van der Waals surface area contributed by atoms with Crippen molar-refractivity contribution in [2.45, 2.75) is 38.8 Å². The quantitative estimate of drug-likeness (QED) is 0.869. The minimum atomic E-state index is -0.193. The van der Waals surface area contributed by atoms with Crippen LogP contribution in [0.5, 0.6) is 0 Å². The van der Waals surface area contributed by atoms with E-state index >= 15 is 0 Å². The summed E-state index contributed by atoms with van der Waals surface area (Å²) in [4.78, 5) is 0. The highest BCUT2D eigenvalue weighted by Gasteiger charge is 2.26. The van der Waals surface area contributed by atoms with Gasteiger partial charge in [-0.25, -0.2) is 4.39 Å². The summed E-state index contributed by atoms with van der Waals surface area (Å²) in [6.45, 7) is 2.63. The van der Waals surface area contributed by atoms with E-state index < -0.39 is 0 Å². The van der Waals surface area contributed by atoms with Crippen LogP contribution in [-0.2, 0) is 6.54 Å². The van der Waals surface area contributed by atoms with Gasteiger partial charge in [0, 0.05) is 12.6 Å². The molecule has 0 aromatic heterocycles. The molecule has 1 aromatic rings. The standard InChI is InChI=1S/C14H17FN2/c1-10-7-13(15)6-5-12(10)9-17-14-4-2-3-11(14)8-16/h5-7,11,14,17H,2-4,9H2,1H3. The SMILES string of the molecule is Cc1cc(F)ccc1CNC1CCCC1C#N. The molecule has 1 aliphatic rings. The van der Waals surface area contributed by atoms with Gasteiger partial charge in [-0.05, 0) is 43.0 Å². The Bertz CT molecular complexity index is 436. The van der Waals surface area contributed by atoms with Crippen LogP contribution in [-0.4, -0.2) is 6.04 Å². The molecule has 1 saturated carbocycles. The Morgan fingerprint density at radius 3 is 3.00 bits per heavy atom. The van der Waals surface area contributed by atoms with Gasteiger partial charge in [0.15, 0.2) is 0 Å². The first-order chi connectivity index (χ1) is 8.20. The smallest absolute Gasteiger partial charge is 0.123 e. The van der Waals surface area contributed by atoms with Crippen LogP contribution >= 0.6 is 0 Å². The number of rotatable bonds is 3. The molecule has 2 nitrogen and oxygen atoms in total. The molecule has 1 aromatic carbocycles. The molecule has 90 valence electrons. The van der Waals surface area contributed by atoms with E-state index in [1.165, 1.54) is 6.07 Å². The molecule has 2 rings (SSSR count).